The molecule has 0 fully saturated rings. The highest BCUT2D eigenvalue weighted by Crippen LogP contribution is 2.40. The highest BCUT2D eigenvalue weighted by molar-refractivity contribution is 6.38. The maximum atomic E-state index is 12.6. The van der Waals surface area contributed by atoms with E-state index in [0.717, 1.165) is 22.3 Å². The Labute approximate surface area is 320 Å². The van der Waals surface area contributed by atoms with E-state index in [9.17, 15) is 19.8 Å². The Morgan fingerprint density at radius 1 is 0.647 bits per heavy atom. The van der Waals surface area contributed by atoms with Gasteiger partial charge in [-0.2, -0.15) is 0 Å². The van der Waals surface area contributed by atoms with Crippen molar-refractivity contribution in [2.75, 3.05) is 10.6 Å². The van der Waals surface area contributed by atoms with Crippen LogP contribution >= 0.6 is 46.4 Å². The molecule has 51 heavy (non-hydrogen) atoms. The third-order valence-electron chi connectivity index (χ3n) is 8.10. The van der Waals surface area contributed by atoms with E-state index >= 15 is 0 Å². The van der Waals surface area contributed by atoms with Crippen LogP contribution in [0, 0.1) is 34.6 Å². The zero-order chi connectivity index (χ0) is 38.2. The third-order valence-corrected chi connectivity index (χ3v) is 9.70. The third kappa shape index (κ3) is 10.6. The van der Waals surface area contributed by atoms with Gasteiger partial charge in [0.2, 0.25) is 0 Å². The van der Waals surface area contributed by atoms with Gasteiger partial charge in [-0.25, -0.2) is 0 Å². The van der Waals surface area contributed by atoms with E-state index in [1.807, 2.05) is 84.9 Å². The lowest BCUT2D eigenvalue weighted by atomic mass is 10.1. The number of aromatic hydroxyl groups is 2. The van der Waals surface area contributed by atoms with E-state index in [2.05, 4.69) is 10.6 Å². The molecule has 0 aliphatic heterocycles. The number of hydrogen-bond donors (Lipinski definition) is 4. The molecule has 0 heterocycles. The molecule has 4 N–H and O–H groups in total. The summed E-state index contributed by atoms with van der Waals surface area (Å²) < 4.78 is 11.7. The molecule has 0 saturated heterocycles. The van der Waals surface area contributed by atoms with Crippen molar-refractivity contribution < 1.29 is 29.3 Å². The van der Waals surface area contributed by atoms with Crippen molar-refractivity contribution in [3.05, 3.63) is 102 Å². The minimum atomic E-state index is -0.709. The quantitative estimate of drug-likeness (QED) is 0.113. The van der Waals surface area contributed by atoms with Crippen molar-refractivity contribution in [2.45, 2.75) is 86.9 Å². The second-order valence-electron chi connectivity index (χ2n) is 12.1. The first-order chi connectivity index (χ1) is 24.0. The summed E-state index contributed by atoms with van der Waals surface area (Å²) in [7, 11) is 0. The van der Waals surface area contributed by atoms with E-state index < -0.39 is 12.2 Å². The standard InChI is InChI=1S/C20H23Cl2NO3.C19H21Cl2NO3/c1-5-13-14(21)10-15(19(24)18(13)22)23-20(25)16(6-2)26-17-8-7-11(3)9-12(17)4;1-5-15(25-16-7-6-10(2)8-11(16)3)19(24)22-14-9-13(20)12(4)17(21)18(14)23/h7-10,16,24H,5-6H2,1-4H3,(H,23,25);6-9,15,23H,5H2,1-4H3,(H,22,24). The largest absolute Gasteiger partial charge is 0.504 e. The number of phenolic OH excluding ortho intramolecular Hbond substituents is 2. The van der Waals surface area contributed by atoms with Gasteiger partial charge < -0.3 is 30.3 Å². The van der Waals surface area contributed by atoms with Crippen LogP contribution in [0.1, 0.15) is 67.0 Å². The predicted octanol–water partition coefficient (Wildman–Crippen LogP) is 11.1. The lowest BCUT2D eigenvalue weighted by Gasteiger charge is -2.20. The summed E-state index contributed by atoms with van der Waals surface area (Å²) in [6.07, 6.45) is 0.0907. The van der Waals surface area contributed by atoms with Gasteiger partial charge in [0.05, 0.1) is 21.4 Å². The van der Waals surface area contributed by atoms with Crippen molar-refractivity contribution in [1.29, 1.82) is 0 Å². The number of carbonyl (C=O) groups is 2. The summed E-state index contributed by atoms with van der Waals surface area (Å²) in [5.74, 6) is 0.143. The molecule has 0 aliphatic rings. The second-order valence-corrected chi connectivity index (χ2v) is 13.7. The van der Waals surface area contributed by atoms with Crippen LogP contribution in [-0.2, 0) is 16.0 Å². The minimum Gasteiger partial charge on any atom is -0.504 e. The summed E-state index contributed by atoms with van der Waals surface area (Å²) in [5.41, 5.74) is 5.68. The van der Waals surface area contributed by atoms with Crippen molar-refractivity contribution in [3.63, 3.8) is 0 Å². The van der Waals surface area contributed by atoms with E-state index in [0.29, 0.717) is 51.9 Å². The topological polar surface area (TPSA) is 117 Å². The van der Waals surface area contributed by atoms with Crippen molar-refractivity contribution >= 4 is 69.6 Å². The number of ether oxygens (including phenoxy) is 2. The number of benzene rings is 4. The number of amides is 2. The zero-order valence-corrected chi connectivity index (χ0v) is 33.0. The van der Waals surface area contributed by atoms with Crippen LogP contribution in [0.4, 0.5) is 11.4 Å². The molecule has 274 valence electrons. The number of anilines is 2. The number of rotatable bonds is 11. The van der Waals surface area contributed by atoms with Crippen molar-refractivity contribution in [2.24, 2.45) is 0 Å². The van der Waals surface area contributed by atoms with Gasteiger partial charge in [0.1, 0.15) is 11.5 Å². The van der Waals surface area contributed by atoms with Crippen LogP contribution in [0.25, 0.3) is 0 Å². The summed E-state index contributed by atoms with van der Waals surface area (Å²) in [4.78, 5) is 25.2. The molecule has 2 amide bonds. The average molecular weight is 779 g/mol. The van der Waals surface area contributed by atoms with Gasteiger partial charge in [-0.1, -0.05) is 103 Å². The summed E-state index contributed by atoms with van der Waals surface area (Å²) in [5, 5.41) is 26.7. The fraction of sp³-hybridized carbons (Fsp3) is 0.333. The van der Waals surface area contributed by atoms with Gasteiger partial charge in [0, 0.05) is 10.0 Å². The van der Waals surface area contributed by atoms with E-state index in [1.54, 1.807) is 6.92 Å². The lowest BCUT2D eigenvalue weighted by Crippen LogP contribution is -2.32. The average Bonchev–Trinajstić information content (AvgIpc) is 3.08. The molecule has 2 unspecified atom stereocenters. The van der Waals surface area contributed by atoms with Gasteiger partial charge in [-0.3, -0.25) is 9.59 Å². The maximum absolute atomic E-state index is 12.6. The minimum absolute atomic E-state index is 0.117. The van der Waals surface area contributed by atoms with Crippen molar-refractivity contribution in [1.82, 2.24) is 0 Å². The van der Waals surface area contributed by atoms with Gasteiger partial charge in [-0.15, -0.1) is 0 Å². The molecular formula is C39H44Cl4N2O6. The van der Waals surface area contributed by atoms with Gasteiger partial charge >= 0.3 is 0 Å². The highest BCUT2D eigenvalue weighted by atomic mass is 35.5. The molecule has 12 heteroatoms. The summed E-state index contributed by atoms with van der Waals surface area (Å²) in [6, 6.07) is 14.5. The first kappa shape index (κ1) is 41.6. The molecule has 4 aromatic rings. The smallest absolute Gasteiger partial charge is 0.265 e. The molecule has 0 radical (unpaired) electrons. The summed E-state index contributed by atoms with van der Waals surface area (Å²) in [6.45, 7) is 15.1. The van der Waals surface area contributed by atoms with E-state index in [-0.39, 0.29) is 44.7 Å². The predicted molar refractivity (Wildman–Crippen MR) is 209 cm³/mol. The second kappa shape index (κ2) is 18.6. The van der Waals surface area contributed by atoms with Crippen LogP contribution < -0.4 is 20.1 Å². The van der Waals surface area contributed by atoms with Crippen molar-refractivity contribution in [3.8, 4) is 23.0 Å². The Balaban J connectivity index is 0.000000276. The molecule has 2 atom stereocenters. The SMILES string of the molecule is CCC(Oc1ccc(C)cc1C)C(=O)Nc1cc(Cl)c(C)c(Cl)c1O.CCc1c(Cl)cc(NC(=O)C(CC)Oc2ccc(C)cc2C)c(O)c1Cl. The molecular weight excluding hydrogens is 734 g/mol. The zero-order valence-electron chi connectivity index (χ0n) is 29.9. The molecule has 0 saturated carbocycles. The number of nitrogens with one attached hydrogen (secondary N) is 2. The van der Waals surface area contributed by atoms with Crippen LogP contribution in [0.5, 0.6) is 23.0 Å². The molecule has 8 nitrogen and oxygen atoms in total. The molecule has 0 bridgehead atoms. The lowest BCUT2D eigenvalue weighted by molar-refractivity contribution is -0.123. The Bertz CT molecular complexity index is 1900. The Kier molecular flexibility index (Phi) is 15.2. The molecule has 0 aliphatic carbocycles. The van der Waals surface area contributed by atoms with Crippen LogP contribution in [-0.4, -0.2) is 34.2 Å². The first-order valence-corrected chi connectivity index (χ1v) is 18.0. The highest BCUT2D eigenvalue weighted by Gasteiger charge is 2.24. The fourth-order valence-corrected chi connectivity index (χ4v) is 6.29. The number of hydrogen-bond acceptors (Lipinski definition) is 6. The Morgan fingerprint density at radius 3 is 1.45 bits per heavy atom. The fourth-order valence-electron chi connectivity index (χ4n) is 5.11. The monoisotopic (exact) mass is 776 g/mol. The molecule has 4 aromatic carbocycles. The molecule has 0 aromatic heterocycles. The van der Waals surface area contributed by atoms with E-state index in [1.165, 1.54) is 12.1 Å². The van der Waals surface area contributed by atoms with Gasteiger partial charge in [0.15, 0.2) is 23.7 Å². The van der Waals surface area contributed by atoms with Crippen LogP contribution in [0.2, 0.25) is 20.1 Å². The summed E-state index contributed by atoms with van der Waals surface area (Å²) >= 11 is 24.4. The van der Waals surface area contributed by atoms with Gasteiger partial charge in [0.25, 0.3) is 11.8 Å². The molecule has 4 rings (SSSR count). The Morgan fingerprint density at radius 2 is 1.06 bits per heavy atom. The van der Waals surface area contributed by atoms with Gasteiger partial charge in [-0.05, 0) is 100 Å². The number of carbonyl (C=O) groups excluding carboxylic acids is 2. The first-order valence-electron chi connectivity index (χ1n) is 16.5. The van der Waals surface area contributed by atoms with E-state index in [4.69, 9.17) is 55.9 Å². The molecule has 0 spiro atoms. The van der Waals surface area contributed by atoms with Crippen LogP contribution in [0.15, 0.2) is 48.5 Å². The number of phenols is 2. The Hall–Kier alpha value is -3.82. The van der Waals surface area contributed by atoms with Crippen LogP contribution in [0.3, 0.4) is 0 Å². The normalized spacial score (nSPS) is 11.9. The number of aryl methyl sites for hydroxylation is 4. The maximum Gasteiger partial charge on any atom is 0.265 e. The number of halogens is 4.